The van der Waals surface area contributed by atoms with Crippen LogP contribution in [0.1, 0.15) is 36.8 Å². The van der Waals surface area contributed by atoms with Crippen LogP contribution in [0.2, 0.25) is 0 Å². The quantitative estimate of drug-likeness (QED) is 0.836. The minimum absolute atomic E-state index is 0.00334. The summed E-state index contributed by atoms with van der Waals surface area (Å²) in [5.41, 5.74) is 4.37. The van der Waals surface area contributed by atoms with Crippen LogP contribution in [0.5, 0.6) is 0 Å². The Morgan fingerprint density at radius 3 is 3.00 bits per heavy atom. The maximum atomic E-state index is 6.23. The largest absolute Gasteiger partial charge is 0.371 e. The minimum atomic E-state index is -0.00334. The van der Waals surface area contributed by atoms with Crippen LogP contribution in [0.15, 0.2) is 18.2 Å². The molecule has 3 aliphatic rings. The maximum absolute atomic E-state index is 6.23. The minimum Gasteiger partial charge on any atom is -0.371 e. The third kappa shape index (κ3) is 1.72. The molecule has 3 heterocycles. The van der Waals surface area contributed by atoms with Crippen molar-refractivity contribution in [3.05, 3.63) is 29.3 Å². The SMILES string of the molecule is C[C@]12CNC[C@H]1c1cccc(N3CCCC3)c1CO2. The van der Waals surface area contributed by atoms with E-state index in [1.807, 2.05) is 0 Å². The number of benzene rings is 1. The van der Waals surface area contributed by atoms with Crippen molar-refractivity contribution < 1.29 is 4.74 Å². The predicted octanol–water partition coefficient (Wildman–Crippen LogP) is 2.26. The van der Waals surface area contributed by atoms with E-state index in [9.17, 15) is 0 Å². The molecule has 0 unspecified atom stereocenters. The Kier molecular flexibility index (Phi) is 2.61. The van der Waals surface area contributed by atoms with E-state index in [1.165, 1.54) is 42.7 Å². The van der Waals surface area contributed by atoms with E-state index in [4.69, 9.17) is 4.74 Å². The van der Waals surface area contributed by atoms with Gasteiger partial charge in [-0.25, -0.2) is 0 Å². The maximum Gasteiger partial charge on any atom is 0.0863 e. The first-order chi connectivity index (χ1) is 9.28. The highest BCUT2D eigenvalue weighted by molar-refractivity contribution is 5.59. The Labute approximate surface area is 114 Å². The Balaban J connectivity index is 1.77. The van der Waals surface area contributed by atoms with E-state index in [-0.39, 0.29) is 5.60 Å². The van der Waals surface area contributed by atoms with Crippen LogP contribution in [0.3, 0.4) is 0 Å². The van der Waals surface area contributed by atoms with Gasteiger partial charge < -0.3 is 15.0 Å². The van der Waals surface area contributed by atoms with E-state index >= 15 is 0 Å². The lowest BCUT2D eigenvalue weighted by Gasteiger charge is -2.38. The first-order valence-corrected chi connectivity index (χ1v) is 7.49. The average molecular weight is 258 g/mol. The number of rotatable bonds is 1. The molecular formula is C16H22N2O. The van der Waals surface area contributed by atoms with Crippen molar-refractivity contribution in [1.82, 2.24) is 5.32 Å². The van der Waals surface area contributed by atoms with Crippen molar-refractivity contribution in [3.8, 4) is 0 Å². The number of hydrogen-bond acceptors (Lipinski definition) is 3. The fourth-order valence-electron chi connectivity index (χ4n) is 3.96. The van der Waals surface area contributed by atoms with Gasteiger partial charge in [-0.2, -0.15) is 0 Å². The summed E-state index contributed by atoms with van der Waals surface area (Å²) in [5, 5.41) is 3.50. The van der Waals surface area contributed by atoms with Crippen molar-refractivity contribution in [2.75, 3.05) is 31.1 Å². The van der Waals surface area contributed by atoms with Crippen LogP contribution < -0.4 is 10.2 Å². The first-order valence-electron chi connectivity index (χ1n) is 7.49. The van der Waals surface area contributed by atoms with Gasteiger partial charge in [0, 0.05) is 43.3 Å². The lowest BCUT2D eigenvalue weighted by molar-refractivity contribution is -0.0515. The van der Waals surface area contributed by atoms with Crippen LogP contribution >= 0.6 is 0 Å². The Bertz CT molecular complexity index is 496. The van der Waals surface area contributed by atoms with Crippen molar-refractivity contribution >= 4 is 5.69 Å². The Morgan fingerprint density at radius 2 is 2.16 bits per heavy atom. The van der Waals surface area contributed by atoms with E-state index in [1.54, 1.807) is 0 Å². The molecule has 0 aliphatic carbocycles. The van der Waals surface area contributed by atoms with Crippen LogP contribution in [-0.2, 0) is 11.3 Å². The summed E-state index contributed by atoms with van der Waals surface area (Å²) in [6.07, 6.45) is 2.65. The van der Waals surface area contributed by atoms with E-state index in [0.717, 1.165) is 19.7 Å². The second kappa shape index (κ2) is 4.22. The molecule has 0 spiro atoms. The molecule has 1 N–H and O–H groups in total. The topological polar surface area (TPSA) is 24.5 Å². The van der Waals surface area contributed by atoms with Gasteiger partial charge in [0.25, 0.3) is 0 Å². The number of fused-ring (bicyclic) bond motifs is 3. The zero-order valence-corrected chi connectivity index (χ0v) is 11.6. The van der Waals surface area contributed by atoms with E-state index in [2.05, 4.69) is 35.3 Å². The molecule has 2 fully saturated rings. The fraction of sp³-hybridized carbons (Fsp3) is 0.625. The zero-order valence-electron chi connectivity index (χ0n) is 11.6. The Hall–Kier alpha value is -1.06. The molecule has 1 aromatic carbocycles. The standard InChI is InChI=1S/C16H22N2O/c1-16-11-17-9-14(16)12-5-4-6-15(13(12)10-19-16)18-7-2-3-8-18/h4-6,14,17H,2-3,7-11H2,1H3/t14-,16-/m0/s1. The van der Waals surface area contributed by atoms with Gasteiger partial charge in [-0.1, -0.05) is 12.1 Å². The van der Waals surface area contributed by atoms with Crippen molar-refractivity contribution in [2.24, 2.45) is 0 Å². The van der Waals surface area contributed by atoms with Crippen molar-refractivity contribution in [3.63, 3.8) is 0 Å². The monoisotopic (exact) mass is 258 g/mol. The summed E-state index contributed by atoms with van der Waals surface area (Å²) in [7, 11) is 0. The zero-order chi connectivity index (χ0) is 12.9. The summed E-state index contributed by atoms with van der Waals surface area (Å²) in [6, 6.07) is 6.82. The number of nitrogens with zero attached hydrogens (tertiary/aromatic N) is 1. The number of anilines is 1. The highest BCUT2D eigenvalue weighted by Crippen LogP contribution is 2.44. The van der Waals surface area contributed by atoms with Gasteiger partial charge in [0.15, 0.2) is 0 Å². The van der Waals surface area contributed by atoms with Gasteiger partial charge in [-0.3, -0.25) is 0 Å². The number of hydrogen-bond donors (Lipinski definition) is 1. The summed E-state index contributed by atoms with van der Waals surface area (Å²) >= 11 is 0. The van der Waals surface area contributed by atoms with Crippen molar-refractivity contribution in [1.29, 1.82) is 0 Å². The molecule has 4 rings (SSSR count). The van der Waals surface area contributed by atoms with Crippen LogP contribution in [-0.4, -0.2) is 31.8 Å². The predicted molar refractivity (Wildman–Crippen MR) is 76.7 cm³/mol. The van der Waals surface area contributed by atoms with Crippen LogP contribution in [0.4, 0.5) is 5.69 Å². The molecular weight excluding hydrogens is 236 g/mol. The van der Waals surface area contributed by atoms with Crippen LogP contribution in [0, 0.1) is 0 Å². The van der Waals surface area contributed by atoms with Gasteiger partial charge in [0.2, 0.25) is 0 Å². The normalized spacial score (nSPS) is 33.3. The third-order valence-electron chi connectivity index (χ3n) is 5.12. The average Bonchev–Trinajstić information content (AvgIpc) is 3.06. The summed E-state index contributed by atoms with van der Waals surface area (Å²) < 4.78 is 6.23. The molecule has 0 aromatic heterocycles. The smallest absolute Gasteiger partial charge is 0.0863 e. The molecule has 0 radical (unpaired) electrons. The van der Waals surface area contributed by atoms with Crippen molar-refractivity contribution in [2.45, 2.75) is 37.9 Å². The highest BCUT2D eigenvalue weighted by Gasteiger charge is 2.45. The molecule has 3 aliphatic heterocycles. The molecule has 2 saturated heterocycles. The van der Waals surface area contributed by atoms with E-state index < -0.39 is 0 Å². The molecule has 2 atom stereocenters. The summed E-state index contributed by atoms with van der Waals surface area (Å²) in [5.74, 6) is 0.513. The third-order valence-corrected chi connectivity index (χ3v) is 5.12. The lowest BCUT2D eigenvalue weighted by Crippen LogP contribution is -2.40. The molecule has 0 bridgehead atoms. The molecule has 0 saturated carbocycles. The van der Waals surface area contributed by atoms with Crippen LogP contribution in [0.25, 0.3) is 0 Å². The van der Waals surface area contributed by atoms with E-state index in [0.29, 0.717) is 5.92 Å². The Morgan fingerprint density at radius 1 is 1.32 bits per heavy atom. The van der Waals surface area contributed by atoms with Gasteiger partial charge >= 0.3 is 0 Å². The van der Waals surface area contributed by atoms with Gasteiger partial charge in [-0.05, 0) is 31.4 Å². The molecule has 3 nitrogen and oxygen atoms in total. The molecule has 19 heavy (non-hydrogen) atoms. The second-order valence-electron chi connectivity index (χ2n) is 6.32. The van der Waals surface area contributed by atoms with Gasteiger partial charge in [0.05, 0.1) is 12.2 Å². The summed E-state index contributed by atoms with van der Waals surface area (Å²) in [4.78, 5) is 2.53. The molecule has 3 heteroatoms. The molecule has 102 valence electrons. The number of nitrogens with one attached hydrogen (secondary N) is 1. The van der Waals surface area contributed by atoms with Gasteiger partial charge in [0.1, 0.15) is 0 Å². The summed E-state index contributed by atoms with van der Waals surface area (Å²) in [6.45, 7) is 7.46. The fourth-order valence-corrected chi connectivity index (χ4v) is 3.96. The van der Waals surface area contributed by atoms with Gasteiger partial charge in [-0.15, -0.1) is 0 Å². The number of ether oxygens (including phenoxy) is 1. The molecule has 1 aromatic rings. The second-order valence-corrected chi connectivity index (χ2v) is 6.32. The first kappa shape index (κ1) is 11.7. The molecule has 0 amide bonds. The lowest BCUT2D eigenvalue weighted by atomic mass is 9.81. The highest BCUT2D eigenvalue weighted by atomic mass is 16.5.